The quantitative estimate of drug-likeness (QED) is 0.698. The van der Waals surface area contributed by atoms with Crippen LogP contribution in [0.5, 0.6) is 5.75 Å². The lowest BCUT2D eigenvalue weighted by atomic mass is 10.3. The van der Waals surface area contributed by atoms with E-state index in [1.165, 1.54) is 0 Å². The second-order valence-corrected chi connectivity index (χ2v) is 5.97. The number of aromatic nitrogens is 3. The van der Waals surface area contributed by atoms with Gasteiger partial charge in [0.2, 0.25) is 0 Å². The summed E-state index contributed by atoms with van der Waals surface area (Å²) in [5.41, 5.74) is 1.73. The molecule has 2 aromatic rings. The summed E-state index contributed by atoms with van der Waals surface area (Å²) in [6, 6.07) is 3.82. The SMILES string of the molecule is COCCNCc1cn(-c2cc(OC)c(Br)cc2Br)nn1. The third-order valence-corrected chi connectivity index (χ3v) is 4.05. The zero-order valence-corrected chi connectivity index (χ0v) is 14.9. The second-order valence-electron chi connectivity index (χ2n) is 4.26. The standard InChI is InChI=1S/C13H16Br2N4O2/c1-20-4-3-16-7-9-8-19(18-17-9)12-6-13(21-2)11(15)5-10(12)14/h5-6,8,16H,3-4,7H2,1-2H3. The van der Waals surface area contributed by atoms with Gasteiger partial charge in [-0.25, -0.2) is 4.68 Å². The van der Waals surface area contributed by atoms with Crippen LogP contribution in [0.25, 0.3) is 5.69 Å². The normalized spacial score (nSPS) is 10.9. The van der Waals surface area contributed by atoms with Crippen LogP contribution in [-0.2, 0) is 11.3 Å². The Kier molecular flexibility index (Phi) is 6.16. The van der Waals surface area contributed by atoms with Crippen molar-refractivity contribution in [3.63, 3.8) is 0 Å². The minimum absolute atomic E-state index is 0.647. The Morgan fingerprint density at radius 3 is 2.76 bits per heavy atom. The third kappa shape index (κ3) is 4.26. The highest BCUT2D eigenvalue weighted by Crippen LogP contribution is 2.33. The molecule has 1 N–H and O–H groups in total. The summed E-state index contributed by atoms with van der Waals surface area (Å²) in [5, 5.41) is 11.5. The predicted octanol–water partition coefficient (Wildman–Crippen LogP) is 2.54. The van der Waals surface area contributed by atoms with Gasteiger partial charge >= 0.3 is 0 Å². The summed E-state index contributed by atoms with van der Waals surface area (Å²) in [5.74, 6) is 0.739. The lowest BCUT2D eigenvalue weighted by molar-refractivity contribution is 0.199. The van der Waals surface area contributed by atoms with Gasteiger partial charge in [-0.15, -0.1) is 5.10 Å². The number of hydrogen-bond acceptors (Lipinski definition) is 5. The molecule has 1 aromatic carbocycles. The van der Waals surface area contributed by atoms with E-state index in [1.807, 2.05) is 18.3 Å². The number of halogens is 2. The van der Waals surface area contributed by atoms with Crippen molar-refractivity contribution in [3.8, 4) is 11.4 Å². The van der Waals surface area contributed by atoms with E-state index in [1.54, 1.807) is 18.9 Å². The molecule has 21 heavy (non-hydrogen) atoms. The molecule has 0 aliphatic heterocycles. The van der Waals surface area contributed by atoms with Gasteiger partial charge in [-0.2, -0.15) is 0 Å². The topological polar surface area (TPSA) is 61.2 Å². The Bertz CT molecular complexity index is 604. The average Bonchev–Trinajstić information content (AvgIpc) is 2.92. The van der Waals surface area contributed by atoms with Crippen LogP contribution >= 0.6 is 31.9 Å². The summed E-state index contributed by atoms with van der Waals surface area (Å²) in [6.45, 7) is 2.09. The summed E-state index contributed by atoms with van der Waals surface area (Å²) in [7, 11) is 3.31. The molecule has 6 nitrogen and oxygen atoms in total. The van der Waals surface area contributed by atoms with Gasteiger partial charge in [0, 0.05) is 30.7 Å². The van der Waals surface area contributed by atoms with Gasteiger partial charge in [-0.05, 0) is 37.9 Å². The Hall–Kier alpha value is -0.960. The molecular weight excluding hydrogens is 404 g/mol. The Balaban J connectivity index is 2.14. The van der Waals surface area contributed by atoms with Gasteiger partial charge in [-0.3, -0.25) is 0 Å². The first-order chi connectivity index (χ1) is 10.2. The number of nitrogens with zero attached hydrogens (tertiary/aromatic N) is 3. The molecule has 0 amide bonds. The smallest absolute Gasteiger partial charge is 0.135 e. The number of rotatable bonds is 7. The predicted molar refractivity (Wildman–Crippen MR) is 86.9 cm³/mol. The van der Waals surface area contributed by atoms with Gasteiger partial charge in [0.1, 0.15) is 5.75 Å². The number of ether oxygens (including phenoxy) is 2. The lowest BCUT2D eigenvalue weighted by Gasteiger charge is -2.08. The fourth-order valence-corrected chi connectivity index (χ4v) is 3.08. The highest BCUT2D eigenvalue weighted by Gasteiger charge is 2.11. The summed E-state index contributed by atoms with van der Waals surface area (Å²) in [6.07, 6.45) is 1.88. The van der Waals surface area contributed by atoms with E-state index < -0.39 is 0 Å². The molecule has 1 heterocycles. The van der Waals surface area contributed by atoms with Gasteiger partial charge in [0.15, 0.2) is 0 Å². The zero-order valence-electron chi connectivity index (χ0n) is 11.8. The van der Waals surface area contributed by atoms with E-state index in [-0.39, 0.29) is 0 Å². The largest absolute Gasteiger partial charge is 0.495 e. The van der Waals surface area contributed by atoms with Gasteiger partial charge < -0.3 is 14.8 Å². The fourth-order valence-electron chi connectivity index (χ4n) is 1.74. The molecule has 0 unspecified atom stereocenters. The summed E-state index contributed by atoms with van der Waals surface area (Å²) >= 11 is 6.97. The molecule has 8 heteroatoms. The highest BCUT2D eigenvalue weighted by molar-refractivity contribution is 9.11. The number of nitrogens with one attached hydrogen (secondary N) is 1. The van der Waals surface area contributed by atoms with Crippen LogP contribution in [0.15, 0.2) is 27.3 Å². The van der Waals surface area contributed by atoms with Crippen molar-refractivity contribution in [2.75, 3.05) is 27.4 Å². The molecule has 0 radical (unpaired) electrons. The van der Waals surface area contributed by atoms with Gasteiger partial charge in [-0.1, -0.05) is 5.21 Å². The van der Waals surface area contributed by atoms with E-state index in [4.69, 9.17) is 9.47 Å². The molecule has 0 saturated heterocycles. The van der Waals surface area contributed by atoms with Crippen molar-refractivity contribution >= 4 is 31.9 Å². The van der Waals surface area contributed by atoms with Crippen LogP contribution in [0.4, 0.5) is 0 Å². The maximum atomic E-state index is 5.31. The molecule has 1 aromatic heterocycles. The van der Waals surface area contributed by atoms with Gasteiger partial charge in [0.05, 0.1) is 35.8 Å². The minimum Gasteiger partial charge on any atom is -0.495 e. The Morgan fingerprint density at radius 1 is 1.24 bits per heavy atom. The molecule has 114 valence electrons. The first-order valence-corrected chi connectivity index (χ1v) is 7.88. The molecule has 0 saturated carbocycles. The van der Waals surface area contributed by atoms with Crippen LogP contribution in [0.1, 0.15) is 5.69 Å². The van der Waals surface area contributed by atoms with Crippen molar-refractivity contribution in [1.82, 2.24) is 20.3 Å². The van der Waals surface area contributed by atoms with E-state index >= 15 is 0 Å². The maximum absolute atomic E-state index is 5.31. The molecule has 0 atom stereocenters. The number of benzene rings is 1. The van der Waals surface area contributed by atoms with Crippen molar-refractivity contribution in [2.45, 2.75) is 6.54 Å². The molecule has 0 spiro atoms. The molecule has 0 fully saturated rings. The van der Waals surface area contributed by atoms with Crippen LogP contribution in [-0.4, -0.2) is 42.4 Å². The fraction of sp³-hybridized carbons (Fsp3) is 0.385. The Morgan fingerprint density at radius 2 is 2.05 bits per heavy atom. The first-order valence-electron chi connectivity index (χ1n) is 6.30. The summed E-state index contributed by atoms with van der Waals surface area (Å²) < 4.78 is 13.8. The first kappa shape index (κ1) is 16.4. The minimum atomic E-state index is 0.647. The number of hydrogen-bond donors (Lipinski definition) is 1. The van der Waals surface area contributed by atoms with E-state index in [9.17, 15) is 0 Å². The van der Waals surface area contributed by atoms with E-state index in [0.717, 1.165) is 32.6 Å². The molecule has 2 rings (SSSR count). The van der Waals surface area contributed by atoms with Gasteiger partial charge in [0.25, 0.3) is 0 Å². The van der Waals surface area contributed by atoms with Crippen LogP contribution in [0.3, 0.4) is 0 Å². The molecule has 0 bridgehead atoms. The van der Waals surface area contributed by atoms with Crippen molar-refractivity contribution in [1.29, 1.82) is 0 Å². The molecular formula is C13H16Br2N4O2. The van der Waals surface area contributed by atoms with Crippen molar-refractivity contribution < 1.29 is 9.47 Å². The van der Waals surface area contributed by atoms with Crippen molar-refractivity contribution in [2.24, 2.45) is 0 Å². The van der Waals surface area contributed by atoms with E-state index in [2.05, 4.69) is 47.5 Å². The van der Waals surface area contributed by atoms with E-state index in [0.29, 0.717) is 13.2 Å². The Labute approximate surface area is 140 Å². The number of methoxy groups -OCH3 is 2. The molecule has 0 aliphatic rings. The lowest BCUT2D eigenvalue weighted by Crippen LogP contribution is -2.18. The third-order valence-electron chi connectivity index (χ3n) is 2.80. The zero-order chi connectivity index (χ0) is 15.2. The monoisotopic (exact) mass is 418 g/mol. The van der Waals surface area contributed by atoms with Crippen LogP contribution < -0.4 is 10.1 Å². The second kappa shape index (κ2) is 7.88. The maximum Gasteiger partial charge on any atom is 0.135 e. The van der Waals surface area contributed by atoms with Crippen LogP contribution in [0.2, 0.25) is 0 Å². The van der Waals surface area contributed by atoms with Crippen LogP contribution in [0, 0.1) is 0 Å². The molecule has 0 aliphatic carbocycles. The average molecular weight is 420 g/mol. The highest BCUT2D eigenvalue weighted by atomic mass is 79.9. The van der Waals surface area contributed by atoms with Crippen molar-refractivity contribution in [3.05, 3.63) is 33.0 Å². The summed E-state index contributed by atoms with van der Waals surface area (Å²) in [4.78, 5) is 0.